The lowest BCUT2D eigenvalue weighted by Crippen LogP contribution is -2.21. The number of amides is 1. The van der Waals surface area contributed by atoms with E-state index in [9.17, 15) is 19.2 Å². The van der Waals surface area contributed by atoms with Crippen molar-refractivity contribution in [1.29, 1.82) is 0 Å². The fraction of sp³-hybridized carbons (Fsp3) is 0.368. The summed E-state index contributed by atoms with van der Waals surface area (Å²) >= 11 is 1.09. The summed E-state index contributed by atoms with van der Waals surface area (Å²) in [4.78, 5) is 51.0. The maximum Gasteiger partial charge on any atom is 0.355 e. The second-order valence-electron chi connectivity index (χ2n) is 6.15. The number of hydrogen-bond donors (Lipinski definition) is 2. The second kappa shape index (κ2) is 8.83. The van der Waals surface area contributed by atoms with Crippen LogP contribution in [0.5, 0.6) is 0 Å². The lowest BCUT2D eigenvalue weighted by atomic mass is 10.1. The van der Waals surface area contributed by atoms with Crippen LogP contribution in [-0.2, 0) is 14.3 Å². The molecule has 28 heavy (non-hydrogen) atoms. The Hall–Kier alpha value is -2.94. The first-order chi connectivity index (χ1) is 13.1. The predicted octanol–water partition coefficient (Wildman–Crippen LogP) is 3.18. The fourth-order valence-electron chi connectivity index (χ4n) is 2.80. The highest BCUT2D eigenvalue weighted by molar-refractivity contribution is 7.18. The number of Topliss-reactive ketones (excluding diaryl/α,β-unsaturated/α-hetero) is 1. The van der Waals surface area contributed by atoms with Gasteiger partial charge < -0.3 is 19.8 Å². The standard InChI is InChI=1S/C19H22N2O6S/c1-6-26-19(25)17-9(2)7-14(28-17)21-13(23)8-27-18(24)16-10(3)15(12(5)22)11(4)20-16/h7,20H,6,8H2,1-5H3,(H,21,23). The third-order valence-corrected chi connectivity index (χ3v) is 5.10. The highest BCUT2D eigenvalue weighted by atomic mass is 32.1. The van der Waals surface area contributed by atoms with Crippen LogP contribution in [0.2, 0.25) is 0 Å². The molecule has 9 heteroatoms. The Balaban J connectivity index is 1.99. The zero-order chi connectivity index (χ0) is 21.0. The number of ketones is 1. The number of thiophene rings is 1. The Labute approximate surface area is 166 Å². The van der Waals surface area contributed by atoms with Crippen molar-refractivity contribution in [1.82, 2.24) is 4.98 Å². The summed E-state index contributed by atoms with van der Waals surface area (Å²) in [7, 11) is 0. The number of esters is 2. The van der Waals surface area contributed by atoms with E-state index in [1.165, 1.54) is 6.92 Å². The summed E-state index contributed by atoms with van der Waals surface area (Å²) in [6.45, 7) is 7.95. The van der Waals surface area contributed by atoms with E-state index in [1.807, 2.05) is 0 Å². The summed E-state index contributed by atoms with van der Waals surface area (Å²) in [5.74, 6) is -1.88. The van der Waals surface area contributed by atoms with E-state index in [1.54, 1.807) is 33.8 Å². The third kappa shape index (κ3) is 4.66. The molecular weight excluding hydrogens is 384 g/mol. The van der Waals surface area contributed by atoms with E-state index in [0.717, 1.165) is 11.3 Å². The molecule has 0 aromatic carbocycles. The molecular formula is C19H22N2O6S. The number of aryl methyl sites for hydroxylation is 2. The molecule has 0 aliphatic carbocycles. The van der Waals surface area contributed by atoms with Crippen LogP contribution in [0.4, 0.5) is 5.00 Å². The van der Waals surface area contributed by atoms with Crippen LogP contribution in [0.25, 0.3) is 0 Å². The molecule has 0 spiro atoms. The van der Waals surface area contributed by atoms with E-state index < -0.39 is 24.5 Å². The topological polar surface area (TPSA) is 115 Å². The van der Waals surface area contributed by atoms with E-state index in [4.69, 9.17) is 9.47 Å². The number of nitrogens with one attached hydrogen (secondary N) is 2. The molecule has 0 unspecified atom stereocenters. The van der Waals surface area contributed by atoms with Gasteiger partial charge in [0.1, 0.15) is 10.6 Å². The molecule has 2 heterocycles. The molecule has 2 rings (SSSR count). The van der Waals surface area contributed by atoms with Gasteiger partial charge >= 0.3 is 11.9 Å². The van der Waals surface area contributed by atoms with Gasteiger partial charge in [-0.25, -0.2) is 9.59 Å². The molecule has 2 aromatic rings. The van der Waals surface area contributed by atoms with Crippen LogP contribution in [-0.4, -0.2) is 41.8 Å². The monoisotopic (exact) mass is 406 g/mol. The Kier molecular flexibility index (Phi) is 6.74. The van der Waals surface area contributed by atoms with Gasteiger partial charge in [0.15, 0.2) is 12.4 Å². The minimum atomic E-state index is -0.724. The van der Waals surface area contributed by atoms with Gasteiger partial charge in [0.2, 0.25) is 0 Å². The SMILES string of the molecule is CCOC(=O)c1sc(NC(=O)COC(=O)c2[nH]c(C)c(C(C)=O)c2C)cc1C. The van der Waals surface area contributed by atoms with Gasteiger partial charge in [-0.1, -0.05) is 0 Å². The number of rotatable bonds is 7. The van der Waals surface area contributed by atoms with E-state index in [0.29, 0.717) is 32.3 Å². The van der Waals surface area contributed by atoms with Crippen molar-refractivity contribution in [2.75, 3.05) is 18.5 Å². The maximum atomic E-state index is 12.2. The van der Waals surface area contributed by atoms with Gasteiger partial charge in [-0.3, -0.25) is 9.59 Å². The first-order valence-electron chi connectivity index (χ1n) is 8.60. The van der Waals surface area contributed by atoms with Gasteiger partial charge in [-0.05, 0) is 51.8 Å². The van der Waals surface area contributed by atoms with E-state index in [-0.39, 0.29) is 18.1 Å². The van der Waals surface area contributed by atoms with Gasteiger partial charge in [-0.2, -0.15) is 0 Å². The van der Waals surface area contributed by atoms with Crippen molar-refractivity contribution in [3.8, 4) is 0 Å². The smallest absolute Gasteiger partial charge is 0.355 e. The van der Waals surface area contributed by atoms with E-state index in [2.05, 4.69) is 10.3 Å². The number of hydrogen-bond acceptors (Lipinski definition) is 7. The fourth-order valence-corrected chi connectivity index (χ4v) is 3.78. The number of anilines is 1. The van der Waals surface area contributed by atoms with Crippen LogP contribution < -0.4 is 5.32 Å². The summed E-state index contributed by atoms with van der Waals surface area (Å²) in [6, 6.07) is 1.65. The maximum absolute atomic E-state index is 12.2. The molecule has 1 amide bonds. The highest BCUT2D eigenvalue weighted by Gasteiger charge is 2.22. The van der Waals surface area contributed by atoms with Gasteiger partial charge in [0, 0.05) is 11.3 Å². The minimum absolute atomic E-state index is 0.145. The van der Waals surface area contributed by atoms with Crippen molar-refractivity contribution >= 4 is 40.0 Å². The van der Waals surface area contributed by atoms with E-state index >= 15 is 0 Å². The largest absolute Gasteiger partial charge is 0.462 e. The Morgan fingerprint density at radius 3 is 2.36 bits per heavy atom. The van der Waals surface area contributed by atoms with Crippen LogP contribution >= 0.6 is 11.3 Å². The second-order valence-corrected chi connectivity index (χ2v) is 7.20. The zero-order valence-corrected chi connectivity index (χ0v) is 17.2. The molecule has 0 radical (unpaired) electrons. The summed E-state index contributed by atoms with van der Waals surface area (Å²) < 4.78 is 9.99. The number of aromatic amines is 1. The quantitative estimate of drug-likeness (QED) is 0.539. The average molecular weight is 406 g/mol. The zero-order valence-electron chi connectivity index (χ0n) is 16.3. The molecule has 0 atom stereocenters. The number of carbonyl (C=O) groups excluding carboxylic acids is 4. The number of ether oxygens (including phenoxy) is 2. The first-order valence-corrected chi connectivity index (χ1v) is 9.41. The molecule has 0 bridgehead atoms. The van der Waals surface area contributed by atoms with Crippen molar-refractivity contribution in [2.45, 2.75) is 34.6 Å². The van der Waals surface area contributed by atoms with Crippen molar-refractivity contribution in [3.05, 3.63) is 39.0 Å². The van der Waals surface area contributed by atoms with Gasteiger partial charge in [0.05, 0.1) is 11.6 Å². The van der Waals surface area contributed by atoms with Crippen LogP contribution in [0.1, 0.15) is 61.2 Å². The van der Waals surface area contributed by atoms with Crippen molar-refractivity contribution in [2.24, 2.45) is 0 Å². The Morgan fingerprint density at radius 1 is 1.11 bits per heavy atom. The lowest BCUT2D eigenvalue weighted by Gasteiger charge is -2.05. The average Bonchev–Trinajstić information content (AvgIpc) is 3.12. The minimum Gasteiger partial charge on any atom is -0.462 e. The third-order valence-electron chi connectivity index (χ3n) is 3.97. The van der Waals surface area contributed by atoms with Crippen LogP contribution in [0.3, 0.4) is 0 Å². The van der Waals surface area contributed by atoms with Crippen molar-refractivity contribution < 1.29 is 28.7 Å². The molecule has 0 aliphatic rings. The molecule has 0 saturated heterocycles. The molecule has 0 fully saturated rings. The van der Waals surface area contributed by atoms with Crippen molar-refractivity contribution in [3.63, 3.8) is 0 Å². The predicted molar refractivity (Wildman–Crippen MR) is 104 cm³/mol. The molecule has 0 saturated carbocycles. The van der Waals surface area contributed by atoms with Crippen LogP contribution in [0, 0.1) is 20.8 Å². The summed E-state index contributed by atoms with van der Waals surface area (Å²) in [5, 5.41) is 3.04. The molecule has 150 valence electrons. The lowest BCUT2D eigenvalue weighted by molar-refractivity contribution is -0.119. The summed E-state index contributed by atoms with van der Waals surface area (Å²) in [6.07, 6.45) is 0. The Bertz CT molecular complexity index is 941. The van der Waals surface area contributed by atoms with Crippen LogP contribution in [0.15, 0.2) is 6.07 Å². The van der Waals surface area contributed by atoms with Gasteiger partial charge in [-0.15, -0.1) is 11.3 Å². The highest BCUT2D eigenvalue weighted by Crippen LogP contribution is 2.27. The number of carbonyl (C=O) groups is 4. The summed E-state index contributed by atoms with van der Waals surface area (Å²) in [5.41, 5.74) is 2.33. The normalized spacial score (nSPS) is 10.5. The molecule has 2 aromatic heterocycles. The number of aromatic nitrogens is 1. The molecule has 8 nitrogen and oxygen atoms in total. The first kappa shape index (κ1) is 21.4. The molecule has 0 aliphatic heterocycles. The Morgan fingerprint density at radius 2 is 1.79 bits per heavy atom. The molecule has 2 N–H and O–H groups in total. The number of H-pyrrole nitrogens is 1. The van der Waals surface area contributed by atoms with Gasteiger partial charge in [0.25, 0.3) is 5.91 Å².